The van der Waals surface area contributed by atoms with Gasteiger partial charge in [-0.25, -0.2) is 9.37 Å². The summed E-state index contributed by atoms with van der Waals surface area (Å²) in [5.74, 6) is 1.18. The monoisotopic (exact) mass is 374 g/mol. The highest BCUT2D eigenvalue weighted by molar-refractivity contribution is 5.60. The van der Waals surface area contributed by atoms with Crippen molar-refractivity contribution in [2.45, 2.75) is 19.9 Å². The third kappa shape index (κ3) is 4.84. The quantitative estimate of drug-likeness (QED) is 0.583. The third-order valence-electron chi connectivity index (χ3n) is 4.63. The van der Waals surface area contributed by atoms with Crippen LogP contribution in [0.1, 0.15) is 17.7 Å². The Morgan fingerprint density at radius 1 is 1.26 bits per heavy atom. The van der Waals surface area contributed by atoms with E-state index < -0.39 is 0 Å². The van der Waals surface area contributed by atoms with Crippen LogP contribution in [0.15, 0.2) is 18.2 Å². The first kappa shape index (κ1) is 19.3. The van der Waals surface area contributed by atoms with Gasteiger partial charge in [0.2, 0.25) is 5.95 Å². The number of methoxy groups -OCH3 is 1. The summed E-state index contributed by atoms with van der Waals surface area (Å²) < 4.78 is 20.4. The summed E-state index contributed by atoms with van der Waals surface area (Å²) in [5, 5.41) is 9.25. The molecule has 0 unspecified atom stereocenters. The van der Waals surface area contributed by atoms with Crippen LogP contribution in [0.2, 0.25) is 0 Å². The van der Waals surface area contributed by atoms with Crippen molar-refractivity contribution < 1.29 is 9.13 Å². The highest BCUT2D eigenvalue weighted by Gasteiger charge is 2.16. The molecule has 1 aliphatic rings. The summed E-state index contributed by atoms with van der Waals surface area (Å²) in [6, 6.07) is 5.22. The van der Waals surface area contributed by atoms with Crippen molar-refractivity contribution in [2.75, 3.05) is 51.0 Å². The molecule has 7 nitrogen and oxygen atoms in total. The summed E-state index contributed by atoms with van der Waals surface area (Å²) in [5.41, 5.74) is 1.61. The number of nitrogens with zero attached hydrogens (tertiary/aromatic N) is 3. The minimum Gasteiger partial charge on any atom is -0.496 e. The van der Waals surface area contributed by atoms with Gasteiger partial charge in [-0.3, -0.25) is 0 Å². The van der Waals surface area contributed by atoms with Crippen molar-refractivity contribution in [3.63, 3.8) is 0 Å². The standard InChI is InChI=1S/C19H27FN6O/c1-13-11-17(21-2)25-19(23-13)24-15-5-6-16(27-3)14(18(15)20)12-22-7-10-26-8-4-9-26/h5-6,11,22H,4,7-10,12H2,1-3H3,(H2,21,23,24,25). The Kier molecular flexibility index (Phi) is 6.41. The normalized spacial score (nSPS) is 13.9. The second-order valence-electron chi connectivity index (χ2n) is 6.57. The van der Waals surface area contributed by atoms with E-state index in [9.17, 15) is 0 Å². The lowest BCUT2D eigenvalue weighted by Crippen LogP contribution is -2.41. The number of anilines is 3. The average Bonchev–Trinajstić information content (AvgIpc) is 2.62. The van der Waals surface area contributed by atoms with Crippen LogP contribution in [0, 0.1) is 12.7 Å². The Bertz CT molecular complexity index is 781. The van der Waals surface area contributed by atoms with E-state index in [2.05, 4.69) is 30.8 Å². The van der Waals surface area contributed by atoms with E-state index in [1.165, 1.54) is 6.42 Å². The number of ether oxygens (including phenoxy) is 1. The zero-order valence-corrected chi connectivity index (χ0v) is 16.1. The number of hydrogen-bond acceptors (Lipinski definition) is 7. The maximum Gasteiger partial charge on any atom is 0.229 e. The molecular weight excluding hydrogens is 347 g/mol. The lowest BCUT2D eigenvalue weighted by Gasteiger charge is -2.30. The number of aryl methyl sites for hydroxylation is 1. The number of nitrogens with one attached hydrogen (secondary N) is 3. The summed E-state index contributed by atoms with van der Waals surface area (Å²) >= 11 is 0. The molecule has 1 aromatic heterocycles. The molecule has 0 atom stereocenters. The summed E-state index contributed by atoms with van der Waals surface area (Å²) in [7, 11) is 3.33. The fraction of sp³-hybridized carbons (Fsp3) is 0.474. The second kappa shape index (κ2) is 8.96. The molecule has 3 N–H and O–H groups in total. The third-order valence-corrected chi connectivity index (χ3v) is 4.63. The highest BCUT2D eigenvalue weighted by Crippen LogP contribution is 2.29. The SMILES string of the molecule is CNc1cc(C)nc(Nc2ccc(OC)c(CNCCN3CCC3)c2F)n1. The van der Waals surface area contributed by atoms with Gasteiger partial charge in [0.1, 0.15) is 11.6 Å². The Morgan fingerprint density at radius 3 is 2.74 bits per heavy atom. The van der Waals surface area contributed by atoms with E-state index >= 15 is 4.39 Å². The average molecular weight is 374 g/mol. The first-order valence-corrected chi connectivity index (χ1v) is 9.19. The zero-order chi connectivity index (χ0) is 19.2. The predicted molar refractivity (Wildman–Crippen MR) is 105 cm³/mol. The van der Waals surface area contributed by atoms with Gasteiger partial charge in [-0.2, -0.15) is 4.98 Å². The molecule has 8 heteroatoms. The molecule has 1 saturated heterocycles. The second-order valence-corrected chi connectivity index (χ2v) is 6.57. The number of benzene rings is 1. The molecule has 1 fully saturated rings. The van der Waals surface area contributed by atoms with Crippen LogP contribution in [-0.4, -0.2) is 55.2 Å². The van der Waals surface area contributed by atoms with Crippen molar-refractivity contribution in [1.82, 2.24) is 20.2 Å². The molecule has 27 heavy (non-hydrogen) atoms. The fourth-order valence-electron chi connectivity index (χ4n) is 2.98. The van der Waals surface area contributed by atoms with Gasteiger partial charge in [-0.15, -0.1) is 0 Å². The molecule has 0 bridgehead atoms. The molecule has 3 rings (SSSR count). The zero-order valence-electron chi connectivity index (χ0n) is 16.1. The van der Waals surface area contributed by atoms with Crippen molar-refractivity contribution in [2.24, 2.45) is 0 Å². The number of aromatic nitrogens is 2. The predicted octanol–water partition coefficient (Wildman–Crippen LogP) is 2.51. The van der Waals surface area contributed by atoms with Crippen molar-refractivity contribution in [3.05, 3.63) is 35.3 Å². The lowest BCUT2D eigenvalue weighted by molar-refractivity contribution is 0.182. The van der Waals surface area contributed by atoms with E-state index in [0.717, 1.165) is 31.9 Å². The van der Waals surface area contributed by atoms with Gasteiger partial charge in [0.15, 0.2) is 5.82 Å². The van der Waals surface area contributed by atoms with Crippen LogP contribution in [0.25, 0.3) is 0 Å². The van der Waals surface area contributed by atoms with Gasteiger partial charge in [0, 0.05) is 44.0 Å². The molecule has 0 saturated carbocycles. The smallest absolute Gasteiger partial charge is 0.229 e. The van der Waals surface area contributed by atoms with Crippen LogP contribution in [0.3, 0.4) is 0 Å². The van der Waals surface area contributed by atoms with Crippen LogP contribution in [0.4, 0.5) is 21.8 Å². The fourth-order valence-corrected chi connectivity index (χ4v) is 2.98. The molecule has 0 spiro atoms. The first-order valence-electron chi connectivity index (χ1n) is 9.19. The number of likely N-dealkylation sites (tertiary alicyclic amines) is 1. The maximum atomic E-state index is 15.1. The lowest BCUT2D eigenvalue weighted by atomic mass is 10.1. The first-order chi connectivity index (χ1) is 13.1. The van der Waals surface area contributed by atoms with Crippen LogP contribution in [-0.2, 0) is 6.54 Å². The van der Waals surface area contributed by atoms with Crippen LogP contribution >= 0.6 is 0 Å². The minimum absolute atomic E-state index is 0.322. The summed E-state index contributed by atoms with van der Waals surface area (Å²) in [4.78, 5) is 11.0. The van der Waals surface area contributed by atoms with Gasteiger partial charge < -0.3 is 25.6 Å². The molecule has 146 valence electrons. The van der Waals surface area contributed by atoms with E-state index in [0.29, 0.717) is 35.3 Å². The topological polar surface area (TPSA) is 74.3 Å². The molecular formula is C19H27FN6O. The van der Waals surface area contributed by atoms with E-state index in [1.807, 2.05) is 13.0 Å². The van der Waals surface area contributed by atoms with Gasteiger partial charge in [-0.05, 0) is 38.6 Å². The van der Waals surface area contributed by atoms with Gasteiger partial charge in [0.05, 0.1) is 12.8 Å². The Morgan fingerprint density at radius 2 is 2.07 bits per heavy atom. The highest BCUT2D eigenvalue weighted by atomic mass is 19.1. The molecule has 0 amide bonds. The minimum atomic E-state index is -0.359. The number of halogens is 1. The van der Waals surface area contributed by atoms with Crippen molar-refractivity contribution in [3.8, 4) is 5.75 Å². The van der Waals surface area contributed by atoms with Crippen LogP contribution in [0.5, 0.6) is 5.75 Å². The van der Waals surface area contributed by atoms with E-state index in [4.69, 9.17) is 4.74 Å². The van der Waals surface area contributed by atoms with E-state index in [1.54, 1.807) is 26.3 Å². The Balaban J connectivity index is 1.72. The van der Waals surface area contributed by atoms with Gasteiger partial charge in [-0.1, -0.05) is 0 Å². The largest absolute Gasteiger partial charge is 0.496 e. The molecule has 1 aliphatic heterocycles. The molecule has 1 aromatic carbocycles. The summed E-state index contributed by atoms with van der Waals surface area (Å²) in [6.45, 7) is 6.37. The number of rotatable bonds is 9. The van der Waals surface area contributed by atoms with Crippen molar-refractivity contribution >= 4 is 17.5 Å². The van der Waals surface area contributed by atoms with Gasteiger partial charge >= 0.3 is 0 Å². The maximum absolute atomic E-state index is 15.1. The Hall–Kier alpha value is -2.45. The summed E-state index contributed by atoms with van der Waals surface area (Å²) in [6.07, 6.45) is 1.27. The molecule has 2 heterocycles. The van der Waals surface area contributed by atoms with Gasteiger partial charge in [0.25, 0.3) is 0 Å². The molecule has 0 radical (unpaired) electrons. The Labute approximate surface area is 159 Å². The van der Waals surface area contributed by atoms with E-state index in [-0.39, 0.29) is 5.82 Å². The number of hydrogen-bond donors (Lipinski definition) is 3. The molecule has 2 aromatic rings. The van der Waals surface area contributed by atoms with Crippen LogP contribution < -0.4 is 20.7 Å². The van der Waals surface area contributed by atoms with Crippen molar-refractivity contribution in [1.29, 1.82) is 0 Å². The molecule has 0 aliphatic carbocycles.